The van der Waals surface area contributed by atoms with Crippen molar-refractivity contribution in [3.05, 3.63) is 11.9 Å². The average Bonchev–Trinajstić information content (AvgIpc) is 3.27. The number of rotatable bonds is 5. The molecule has 3 heterocycles. The molecule has 2 aliphatic rings. The molecule has 0 radical (unpaired) electrons. The van der Waals surface area contributed by atoms with Gasteiger partial charge in [-0.1, -0.05) is 5.21 Å². The van der Waals surface area contributed by atoms with Crippen molar-refractivity contribution in [2.45, 2.75) is 38.0 Å². The summed E-state index contributed by atoms with van der Waals surface area (Å²) in [5.74, 6) is -0.170. The molecule has 1 amide bonds. The molecule has 0 N–H and O–H groups in total. The van der Waals surface area contributed by atoms with Crippen molar-refractivity contribution in [1.29, 1.82) is 0 Å². The summed E-state index contributed by atoms with van der Waals surface area (Å²) in [6, 6.07) is -0.557. The number of nitrogens with zero attached hydrogens (tertiary/aromatic N) is 6. The van der Waals surface area contributed by atoms with E-state index < -0.39 is 22.4 Å². The normalized spacial score (nSPS) is 25.2. The second-order valence-corrected chi connectivity index (χ2v) is 8.77. The van der Waals surface area contributed by atoms with Gasteiger partial charge in [-0.15, -0.1) is 5.10 Å². The van der Waals surface area contributed by atoms with E-state index in [9.17, 15) is 17.6 Å². The summed E-state index contributed by atoms with van der Waals surface area (Å²) in [6.07, 6.45) is 2.36. The Kier molecular flexibility index (Phi) is 5.07. The van der Waals surface area contributed by atoms with Crippen LogP contribution in [0.5, 0.6) is 0 Å². The zero-order chi connectivity index (χ0) is 18.2. The van der Waals surface area contributed by atoms with Gasteiger partial charge in [0.25, 0.3) is 16.1 Å². The van der Waals surface area contributed by atoms with Crippen LogP contribution >= 0.6 is 0 Å². The highest BCUT2D eigenvalue weighted by Gasteiger charge is 2.41. The van der Waals surface area contributed by atoms with Gasteiger partial charge in [0.2, 0.25) is 0 Å². The van der Waals surface area contributed by atoms with Crippen LogP contribution in [0.1, 0.15) is 29.8 Å². The SMILES string of the molecule is CN(C)S(=O)(=O)N1CC(F)CC1Cn1cc(C(=O)N2CCCC2)nn1. The third kappa shape index (κ3) is 3.67. The van der Waals surface area contributed by atoms with Crippen LogP contribution in [-0.2, 0) is 16.8 Å². The third-order valence-electron chi connectivity index (χ3n) is 4.62. The first-order chi connectivity index (χ1) is 11.8. The molecule has 1 aromatic heterocycles. The van der Waals surface area contributed by atoms with Crippen LogP contribution in [0.4, 0.5) is 4.39 Å². The summed E-state index contributed by atoms with van der Waals surface area (Å²) in [4.78, 5) is 14.0. The number of carbonyl (C=O) groups is 1. The molecule has 1 aromatic rings. The molecule has 0 spiro atoms. The average molecular weight is 374 g/mol. The largest absolute Gasteiger partial charge is 0.337 e. The number of hydrogen-bond acceptors (Lipinski definition) is 5. The summed E-state index contributed by atoms with van der Waals surface area (Å²) >= 11 is 0. The Morgan fingerprint density at radius 1 is 1.36 bits per heavy atom. The first-order valence-corrected chi connectivity index (χ1v) is 9.71. The molecular weight excluding hydrogens is 351 g/mol. The molecule has 2 aliphatic heterocycles. The second kappa shape index (κ2) is 6.96. The van der Waals surface area contributed by atoms with Gasteiger partial charge in [-0.3, -0.25) is 9.48 Å². The lowest BCUT2D eigenvalue weighted by atomic mass is 10.2. The Morgan fingerprint density at radius 2 is 2.04 bits per heavy atom. The molecule has 0 saturated carbocycles. The summed E-state index contributed by atoms with van der Waals surface area (Å²) in [6.45, 7) is 1.42. The van der Waals surface area contributed by atoms with E-state index in [1.165, 1.54) is 25.0 Å². The van der Waals surface area contributed by atoms with Crippen LogP contribution in [0, 0.1) is 0 Å². The lowest BCUT2D eigenvalue weighted by Gasteiger charge is -2.26. The molecule has 2 fully saturated rings. The van der Waals surface area contributed by atoms with Gasteiger partial charge in [-0.2, -0.15) is 17.0 Å². The molecule has 11 heteroatoms. The summed E-state index contributed by atoms with van der Waals surface area (Å²) in [5.41, 5.74) is 0.235. The highest BCUT2D eigenvalue weighted by atomic mass is 32.2. The fraction of sp³-hybridized carbons (Fsp3) is 0.786. The predicted octanol–water partition coefficient (Wildman–Crippen LogP) is -0.267. The Bertz CT molecular complexity index is 731. The van der Waals surface area contributed by atoms with Crippen LogP contribution in [0.2, 0.25) is 0 Å². The number of hydrogen-bond donors (Lipinski definition) is 0. The van der Waals surface area contributed by atoms with Crippen LogP contribution in [0.3, 0.4) is 0 Å². The van der Waals surface area contributed by atoms with E-state index in [0.717, 1.165) is 21.5 Å². The van der Waals surface area contributed by atoms with Crippen molar-refractivity contribution in [2.75, 3.05) is 33.7 Å². The summed E-state index contributed by atoms with van der Waals surface area (Å²) in [7, 11) is -0.878. The predicted molar refractivity (Wildman–Crippen MR) is 87.8 cm³/mol. The Hall–Kier alpha value is -1.59. The minimum atomic E-state index is -3.71. The number of carbonyl (C=O) groups excluding carboxylic acids is 1. The topological polar surface area (TPSA) is 91.6 Å². The monoisotopic (exact) mass is 374 g/mol. The van der Waals surface area contributed by atoms with Gasteiger partial charge in [0.05, 0.1) is 12.7 Å². The molecule has 2 unspecified atom stereocenters. The quantitative estimate of drug-likeness (QED) is 0.708. The highest BCUT2D eigenvalue weighted by Crippen LogP contribution is 2.26. The second-order valence-electron chi connectivity index (χ2n) is 6.67. The molecule has 9 nitrogen and oxygen atoms in total. The minimum Gasteiger partial charge on any atom is -0.337 e. The Morgan fingerprint density at radius 3 is 2.68 bits per heavy atom. The van der Waals surface area contributed by atoms with E-state index in [1.807, 2.05) is 0 Å². The summed E-state index contributed by atoms with van der Waals surface area (Å²) < 4.78 is 42.2. The zero-order valence-corrected chi connectivity index (χ0v) is 15.2. The van der Waals surface area contributed by atoms with E-state index in [1.54, 1.807) is 4.90 Å². The molecule has 0 aromatic carbocycles. The van der Waals surface area contributed by atoms with Gasteiger partial charge in [-0.25, -0.2) is 4.39 Å². The van der Waals surface area contributed by atoms with Gasteiger partial charge in [0, 0.05) is 39.8 Å². The highest BCUT2D eigenvalue weighted by molar-refractivity contribution is 7.86. The standard InChI is InChI=1S/C14H23FN6O3S/c1-18(2)25(23,24)21-8-11(15)7-12(21)9-20-10-13(16-17-20)14(22)19-5-3-4-6-19/h10-12H,3-9H2,1-2H3. The van der Waals surface area contributed by atoms with Gasteiger partial charge in [0.1, 0.15) is 6.17 Å². The molecule has 0 bridgehead atoms. The maximum atomic E-state index is 13.8. The van der Waals surface area contributed by atoms with E-state index >= 15 is 0 Å². The van der Waals surface area contributed by atoms with E-state index in [2.05, 4.69) is 10.3 Å². The number of likely N-dealkylation sites (tertiary alicyclic amines) is 1. The Labute approximate surface area is 146 Å². The third-order valence-corrected chi connectivity index (χ3v) is 6.58. The van der Waals surface area contributed by atoms with Crippen LogP contribution in [0.15, 0.2) is 6.20 Å². The van der Waals surface area contributed by atoms with Crippen LogP contribution < -0.4 is 0 Å². The van der Waals surface area contributed by atoms with Gasteiger partial charge in [0.15, 0.2) is 5.69 Å². The molecular formula is C14H23FN6O3S. The van der Waals surface area contributed by atoms with Crippen molar-refractivity contribution >= 4 is 16.1 Å². The molecule has 2 saturated heterocycles. The molecule has 25 heavy (non-hydrogen) atoms. The first kappa shape index (κ1) is 18.2. The van der Waals surface area contributed by atoms with Gasteiger partial charge in [-0.05, 0) is 19.3 Å². The molecule has 140 valence electrons. The van der Waals surface area contributed by atoms with Crippen LogP contribution in [-0.4, -0.2) is 88.8 Å². The van der Waals surface area contributed by atoms with Gasteiger partial charge >= 0.3 is 0 Å². The molecule has 3 rings (SSSR count). The smallest absolute Gasteiger partial charge is 0.281 e. The molecule has 0 aliphatic carbocycles. The molecule has 2 atom stereocenters. The summed E-state index contributed by atoms with van der Waals surface area (Å²) in [5, 5.41) is 7.81. The van der Waals surface area contributed by atoms with Crippen molar-refractivity contribution in [2.24, 2.45) is 0 Å². The first-order valence-electron chi connectivity index (χ1n) is 8.32. The van der Waals surface area contributed by atoms with E-state index in [0.29, 0.717) is 13.1 Å². The lowest BCUT2D eigenvalue weighted by Crippen LogP contribution is -2.44. The van der Waals surface area contributed by atoms with Gasteiger partial charge < -0.3 is 4.90 Å². The number of aromatic nitrogens is 3. The van der Waals surface area contributed by atoms with Crippen molar-refractivity contribution < 1.29 is 17.6 Å². The fourth-order valence-corrected chi connectivity index (χ4v) is 4.57. The van der Waals surface area contributed by atoms with E-state index in [-0.39, 0.29) is 31.1 Å². The van der Waals surface area contributed by atoms with Crippen molar-refractivity contribution in [1.82, 2.24) is 28.5 Å². The zero-order valence-electron chi connectivity index (χ0n) is 14.4. The number of halogens is 1. The fourth-order valence-electron chi connectivity index (χ4n) is 3.27. The maximum absolute atomic E-state index is 13.8. The van der Waals surface area contributed by atoms with Crippen molar-refractivity contribution in [3.63, 3.8) is 0 Å². The van der Waals surface area contributed by atoms with Crippen LogP contribution in [0.25, 0.3) is 0 Å². The van der Waals surface area contributed by atoms with Crippen molar-refractivity contribution in [3.8, 4) is 0 Å². The minimum absolute atomic E-state index is 0.0995. The Balaban J connectivity index is 1.72. The maximum Gasteiger partial charge on any atom is 0.281 e. The van der Waals surface area contributed by atoms with E-state index in [4.69, 9.17) is 0 Å². The number of amides is 1. The number of alkyl halides is 1. The lowest BCUT2D eigenvalue weighted by molar-refractivity contribution is 0.0787.